The van der Waals surface area contributed by atoms with Crippen molar-refractivity contribution >= 4 is 19.7 Å². The van der Waals surface area contributed by atoms with Gasteiger partial charge in [0.15, 0.2) is 0 Å². The first-order chi connectivity index (χ1) is 17.0. The summed E-state index contributed by atoms with van der Waals surface area (Å²) in [5.74, 6) is -1.43. The minimum atomic E-state index is -4.52. The van der Waals surface area contributed by atoms with E-state index in [-0.39, 0.29) is 19.3 Å². The van der Waals surface area contributed by atoms with Crippen molar-refractivity contribution in [3.63, 3.8) is 0 Å². The lowest BCUT2D eigenvalue weighted by atomic mass is 9.79. The van der Waals surface area contributed by atoms with Crippen LogP contribution in [-0.2, 0) is 11.0 Å². The predicted octanol–water partition coefficient (Wildman–Crippen LogP) is 8.65. The average molecular weight is 546 g/mol. The molecule has 0 saturated heterocycles. The molecule has 3 atom stereocenters. The molecule has 0 spiro atoms. The van der Waals surface area contributed by atoms with Crippen LogP contribution in [0.25, 0.3) is 0 Å². The third-order valence-corrected chi connectivity index (χ3v) is 8.71. The Kier molecular flexibility index (Phi) is 8.71. The van der Waals surface area contributed by atoms with E-state index in [1.807, 2.05) is 4.90 Å². The molecule has 1 aliphatic rings. The van der Waals surface area contributed by atoms with Crippen molar-refractivity contribution < 1.29 is 36.2 Å². The molecule has 1 heterocycles. The quantitative estimate of drug-likeness (QED) is 0.253. The Labute approximate surface area is 214 Å². The first kappa shape index (κ1) is 29.1. The highest BCUT2D eigenvalue weighted by Crippen LogP contribution is 2.49. The number of hydrogen-bond donors (Lipinski definition) is 1. The number of aliphatic carboxylic acids is 1. The summed E-state index contributed by atoms with van der Waals surface area (Å²) in [4.78, 5) is 13.6. The van der Waals surface area contributed by atoms with E-state index in [0.717, 1.165) is 23.7 Å². The molecule has 0 fully saturated rings. The van der Waals surface area contributed by atoms with Gasteiger partial charge in [-0.2, -0.15) is 26.3 Å². The molecule has 0 amide bonds. The lowest BCUT2D eigenvalue weighted by Gasteiger charge is -2.47. The van der Waals surface area contributed by atoms with Gasteiger partial charge in [0.2, 0.25) is 0 Å². The van der Waals surface area contributed by atoms with E-state index in [1.54, 1.807) is 24.3 Å². The summed E-state index contributed by atoms with van der Waals surface area (Å²) in [5.41, 5.74) is 1.13. The number of carbonyl (C=O) groups is 1. The van der Waals surface area contributed by atoms with Crippen LogP contribution in [0, 0.1) is 0 Å². The zero-order valence-electron chi connectivity index (χ0n) is 21.2. The van der Waals surface area contributed by atoms with Gasteiger partial charge in [0.25, 0.3) is 0 Å². The molecule has 1 aliphatic heterocycles. The predicted molar refractivity (Wildman–Crippen MR) is 135 cm³/mol. The Morgan fingerprint density at radius 3 is 2.16 bits per heavy atom. The molecule has 204 valence electrons. The molecule has 0 aromatic heterocycles. The molecule has 1 N–H and O–H groups in total. The van der Waals surface area contributed by atoms with E-state index in [2.05, 4.69) is 19.6 Å². The second-order valence-electron chi connectivity index (χ2n) is 11.0. The number of para-hydroxylation sites is 1. The lowest BCUT2D eigenvalue weighted by Crippen LogP contribution is -2.44. The number of carboxylic acid groups (broad SMARTS) is 1. The van der Waals surface area contributed by atoms with Gasteiger partial charge in [-0.3, -0.25) is 4.79 Å². The van der Waals surface area contributed by atoms with E-state index in [4.69, 9.17) is 0 Å². The van der Waals surface area contributed by atoms with E-state index >= 15 is 0 Å². The molecule has 37 heavy (non-hydrogen) atoms. The monoisotopic (exact) mass is 545 g/mol. The number of fused-ring (bicyclic) bond motifs is 1. The maximum atomic E-state index is 13.4. The molecule has 0 radical (unpaired) electrons. The standard InChI is InChI=1S/C27H33F6NO2Si/c1-37(2,3)15-13-21(12-14-26(28,29)30)34-23-7-5-4-6-22(23)19(17-25(35)36)16-24(34)18-8-10-20(11-9-18)27(31,32)33/h4-11,19,21,24H,12-17H2,1-3H3,(H,35,36)/t19-,21+,24+/m1/s1. The van der Waals surface area contributed by atoms with Crippen molar-refractivity contribution in [1.82, 2.24) is 0 Å². The normalized spacial score (nSPS) is 19.4. The molecule has 2 aromatic rings. The second-order valence-corrected chi connectivity index (χ2v) is 16.7. The van der Waals surface area contributed by atoms with Crippen molar-refractivity contribution in [3.05, 3.63) is 65.2 Å². The fourth-order valence-electron chi connectivity index (χ4n) is 5.14. The van der Waals surface area contributed by atoms with Crippen LogP contribution in [0.2, 0.25) is 25.7 Å². The maximum Gasteiger partial charge on any atom is 0.416 e. The van der Waals surface area contributed by atoms with Crippen LogP contribution in [0.4, 0.5) is 32.0 Å². The highest BCUT2D eigenvalue weighted by molar-refractivity contribution is 6.76. The smallest absolute Gasteiger partial charge is 0.416 e. The van der Waals surface area contributed by atoms with Gasteiger partial charge in [-0.15, -0.1) is 0 Å². The van der Waals surface area contributed by atoms with Crippen LogP contribution in [0.3, 0.4) is 0 Å². The van der Waals surface area contributed by atoms with Crippen LogP contribution in [0.1, 0.15) is 60.8 Å². The van der Waals surface area contributed by atoms with Crippen molar-refractivity contribution in [2.24, 2.45) is 0 Å². The molecule has 0 bridgehead atoms. The van der Waals surface area contributed by atoms with Crippen molar-refractivity contribution in [1.29, 1.82) is 0 Å². The topological polar surface area (TPSA) is 40.5 Å². The number of hydrogen-bond acceptors (Lipinski definition) is 2. The lowest BCUT2D eigenvalue weighted by molar-refractivity contribution is -0.138. The van der Waals surface area contributed by atoms with E-state index in [1.165, 1.54) is 12.1 Å². The van der Waals surface area contributed by atoms with Crippen LogP contribution in [-0.4, -0.2) is 31.4 Å². The van der Waals surface area contributed by atoms with Crippen molar-refractivity contribution in [2.45, 2.75) is 88.1 Å². The largest absolute Gasteiger partial charge is 0.481 e. The molecular formula is C27H33F6NO2Si. The number of alkyl halides is 6. The molecule has 2 aromatic carbocycles. The summed E-state index contributed by atoms with van der Waals surface area (Å²) in [6.45, 7) is 6.44. The van der Waals surface area contributed by atoms with E-state index in [9.17, 15) is 36.2 Å². The molecular weight excluding hydrogens is 512 g/mol. The van der Waals surface area contributed by atoms with Gasteiger partial charge in [0.05, 0.1) is 18.0 Å². The zero-order valence-corrected chi connectivity index (χ0v) is 22.2. The number of nitrogens with zero attached hydrogens (tertiary/aromatic N) is 1. The third kappa shape index (κ3) is 7.99. The third-order valence-electron chi connectivity index (χ3n) is 6.92. The molecule has 0 saturated carbocycles. The van der Waals surface area contributed by atoms with Crippen molar-refractivity contribution in [3.8, 4) is 0 Å². The van der Waals surface area contributed by atoms with Gasteiger partial charge in [-0.05, 0) is 54.5 Å². The first-order valence-electron chi connectivity index (χ1n) is 12.4. The zero-order chi connectivity index (χ0) is 27.6. The molecule has 3 rings (SSSR count). The number of carboxylic acids is 1. The summed E-state index contributed by atoms with van der Waals surface area (Å²) < 4.78 is 79.7. The molecule has 0 unspecified atom stereocenters. The fourth-order valence-corrected chi connectivity index (χ4v) is 6.34. The summed E-state index contributed by atoms with van der Waals surface area (Å²) in [6, 6.07) is 11.5. The number of halogens is 6. The Hall–Kier alpha value is -2.49. The summed E-state index contributed by atoms with van der Waals surface area (Å²) in [5, 5.41) is 9.54. The van der Waals surface area contributed by atoms with Gasteiger partial charge in [-0.25, -0.2) is 0 Å². The minimum Gasteiger partial charge on any atom is -0.481 e. The first-order valence-corrected chi connectivity index (χ1v) is 16.1. The van der Waals surface area contributed by atoms with Crippen molar-refractivity contribution in [2.75, 3.05) is 4.90 Å². The van der Waals surface area contributed by atoms with Crippen LogP contribution in [0.5, 0.6) is 0 Å². The highest BCUT2D eigenvalue weighted by Gasteiger charge is 2.40. The van der Waals surface area contributed by atoms with Gasteiger partial charge < -0.3 is 10.0 Å². The van der Waals surface area contributed by atoms with Gasteiger partial charge in [0.1, 0.15) is 0 Å². The Morgan fingerprint density at radius 1 is 1.00 bits per heavy atom. The highest BCUT2D eigenvalue weighted by atomic mass is 28.3. The van der Waals surface area contributed by atoms with Crippen LogP contribution >= 0.6 is 0 Å². The molecule has 0 aliphatic carbocycles. The van der Waals surface area contributed by atoms with Crippen LogP contribution < -0.4 is 4.90 Å². The average Bonchev–Trinajstić information content (AvgIpc) is 2.77. The Morgan fingerprint density at radius 2 is 1.62 bits per heavy atom. The summed E-state index contributed by atoms with van der Waals surface area (Å²) in [6.07, 6.45) is -9.36. The number of anilines is 1. The van der Waals surface area contributed by atoms with Crippen LogP contribution in [0.15, 0.2) is 48.5 Å². The van der Waals surface area contributed by atoms with E-state index < -0.39 is 56.4 Å². The maximum absolute atomic E-state index is 13.4. The Balaban J connectivity index is 2.12. The SMILES string of the molecule is C[Si](C)(C)CC[C@H](CCC(F)(F)F)N1c2ccccc2[C@@H](CC(=O)O)C[C@H]1c1ccc(C(F)(F)F)cc1. The minimum absolute atomic E-state index is 0.150. The summed E-state index contributed by atoms with van der Waals surface area (Å²) >= 11 is 0. The summed E-state index contributed by atoms with van der Waals surface area (Å²) in [7, 11) is -1.63. The second kappa shape index (κ2) is 11.1. The molecule has 3 nitrogen and oxygen atoms in total. The number of rotatable bonds is 9. The van der Waals surface area contributed by atoms with E-state index in [0.29, 0.717) is 17.7 Å². The number of benzene rings is 2. The fraction of sp³-hybridized carbons (Fsp3) is 0.519. The van der Waals surface area contributed by atoms with Gasteiger partial charge >= 0.3 is 18.3 Å². The molecule has 10 heteroatoms. The van der Waals surface area contributed by atoms with Gasteiger partial charge in [0, 0.05) is 26.2 Å². The van der Waals surface area contributed by atoms with Gasteiger partial charge in [-0.1, -0.05) is 56.0 Å². The Bertz CT molecular complexity index is 1040.